The average molecular weight is 434 g/mol. The fourth-order valence-corrected chi connectivity index (χ4v) is 2.95. The van der Waals surface area contributed by atoms with Crippen LogP contribution in [0.25, 0.3) is 11.3 Å². The highest BCUT2D eigenvalue weighted by Gasteiger charge is 2.11. The third-order valence-electron chi connectivity index (χ3n) is 4.16. The SMILES string of the molecule is O=C(CO)NCc1ccc(Cc2ccc(Cl)c(-c3ccnc(OC(F)F)c3)n2)cc1. The molecular formula is C21H18ClF2N3O3. The third kappa shape index (κ3) is 5.95. The zero-order valence-electron chi connectivity index (χ0n) is 15.7. The van der Waals surface area contributed by atoms with Crippen LogP contribution in [-0.4, -0.2) is 34.2 Å². The molecule has 0 saturated carbocycles. The number of carbonyl (C=O) groups excluding carboxylic acids is 1. The smallest absolute Gasteiger partial charge is 0.388 e. The highest BCUT2D eigenvalue weighted by atomic mass is 35.5. The number of hydrogen-bond acceptors (Lipinski definition) is 5. The van der Waals surface area contributed by atoms with Crippen molar-refractivity contribution in [3.05, 3.63) is 76.6 Å². The lowest BCUT2D eigenvalue weighted by molar-refractivity contribution is -0.123. The Labute approximate surface area is 176 Å². The van der Waals surface area contributed by atoms with E-state index in [2.05, 4.69) is 20.0 Å². The van der Waals surface area contributed by atoms with E-state index in [1.807, 2.05) is 24.3 Å². The summed E-state index contributed by atoms with van der Waals surface area (Å²) in [6.45, 7) is -3.19. The van der Waals surface area contributed by atoms with Gasteiger partial charge in [-0.1, -0.05) is 35.9 Å². The summed E-state index contributed by atoms with van der Waals surface area (Å²) in [6, 6.07) is 14.0. The predicted octanol–water partition coefficient (Wildman–Crippen LogP) is 3.60. The number of carbonyl (C=O) groups is 1. The summed E-state index contributed by atoms with van der Waals surface area (Å²) < 4.78 is 29.2. The van der Waals surface area contributed by atoms with Crippen LogP contribution >= 0.6 is 11.6 Å². The molecular weight excluding hydrogens is 416 g/mol. The molecule has 6 nitrogen and oxygen atoms in total. The van der Waals surface area contributed by atoms with Crippen molar-refractivity contribution >= 4 is 17.5 Å². The fourth-order valence-electron chi connectivity index (χ4n) is 2.74. The molecule has 0 saturated heterocycles. The average Bonchev–Trinajstić information content (AvgIpc) is 2.74. The molecule has 0 aliphatic heterocycles. The van der Waals surface area contributed by atoms with Gasteiger partial charge in [-0.15, -0.1) is 0 Å². The number of aliphatic hydroxyl groups is 1. The topological polar surface area (TPSA) is 84.3 Å². The van der Waals surface area contributed by atoms with Crippen LogP contribution in [0.4, 0.5) is 8.78 Å². The molecule has 0 radical (unpaired) electrons. The summed E-state index contributed by atoms with van der Waals surface area (Å²) in [5.41, 5.74) is 3.59. The number of halogens is 3. The lowest BCUT2D eigenvalue weighted by atomic mass is 10.1. The first-order chi connectivity index (χ1) is 14.4. The Morgan fingerprint density at radius 3 is 2.57 bits per heavy atom. The van der Waals surface area contributed by atoms with Crippen molar-refractivity contribution in [3.8, 4) is 17.1 Å². The number of aliphatic hydroxyl groups excluding tert-OH is 1. The molecule has 2 N–H and O–H groups in total. The summed E-state index contributed by atoms with van der Waals surface area (Å²) in [5.74, 6) is -0.648. The van der Waals surface area contributed by atoms with E-state index in [1.165, 1.54) is 12.3 Å². The van der Waals surface area contributed by atoms with Gasteiger partial charge in [-0.25, -0.2) is 4.98 Å². The summed E-state index contributed by atoms with van der Waals surface area (Å²) >= 11 is 6.26. The molecule has 0 unspecified atom stereocenters. The van der Waals surface area contributed by atoms with Crippen molar-refractivity contribution in [2.45, 2.75) is 19.6 Å². The number of pyridine rings is 2. The summed E-state index contributed by atoms with van der Waals surface area (Å²) in [7, 11) is 0. The third-order valence-corrected chi connectivity index (χ3v) is 4.47. The van der Waals surface area contributed by atoms with E-state index in [1.54, 1.807) is 18.2 Å². The predicted molar refractivity (Wildman–Crippen MR) is 107 cm³/mol. The molecule has 1 amide bonds. The van der Waals surface area contributed by atoms with E-state index in [4.69, 9.17) is 16.7 Å². The molecule has 2 aromatic heterocycles. The monoisotopic (exact) mass is 433 g/mol. The Balaban J connectivity index is 1.75. The quantitative estimate of drug-likeness (QED) is 0.567. The maximum Gasteiger partial charge on any atom is 0.388 e. The number of nitrogens with one attached hydrogen (secondary N) is 1. The zero-order valence-corrected chi connectivity index (χ0v) is 16.4. The lowest BCUT2D eigenvalue weighted by Crippen LogP contribution is -2.25. The number of amides is 1. The molecule has 0 aliphatic rings. The number of rotatable bonds is 8. The van der Waals surface area contributed by atoms with Gasteiger partial charge in [0.05, 0.1) is 10.7 Å². The van der Waals surface area contributed by atoms with Crippen LogP contribution in [0.1, 0.15) is 16.8 Å². The Bertz CT molecular complexity index is 1020. The van der Waals surface area contributed by atoms with Gasteiger partial charge in [0.1, 0.15) is 6.61 Å². The van der Waals surface area contributed by atoms with E-state index >= 15 is 0 Å². The number of aromatic nitrogens is 2. The van der Waals surface area contributed by atoms with Crippen LogP contribution in [0.15, 0.2) is 54.7 Å². The molecule has 0 aliphatic carbocycles. The van der Waals surface area contributed by atoms with Crippen LogP contribution in [0.2, 0.25) is 5.02 Å². The van der Waals surface area contributed by atoms with Gasteiger partial charge in [-0.2, -0.15) is 8.78 Å². The van der Waals surface area contributed by atoms with Crippen LogP contribution < -0.4 is 10.1 Å². The number of alkyl halides is 2. The number of hydrogen-bond donors (Lipinski definition) is 2. The zero-order chi connectivity index (χ0) is 21.5. The molecule has 0 fully saturated rings. The van der Waals surface area contributed by atoms with Gasteiger partial charge < -0.3 is 15.2 Å². The van der Waals surface area contributed by atoms with Crippen LogP contribution in [0, 0.1) is 0 Å². The van der Waals surface area contributed by atoms with Crippen molar-refractivity contribution in [1.82, 2.24) is 15.3 Å². The van der Waals surface area contributed by atoms with Crippen LogP contribution in [0.3, 0.4) is 0 Å². The van der Waals surface area contributed by atoms with Crippen molar-refractivity contribution < 1.29 is 23.4 Å². The Hall–Kier alpha value is -3.10. The van der Waals surface area contributed by atoms with Crippen LogP contribution in [-0.2, 0) is 17.8 Å². The fraction of sp³-hybridized carbons (Fsp3) is 0.190. The van der Waals surface area contributed by atoms with E-state index < -0.39 is 19.1 Å². The first-order valence-corrected chi connectivity index (χ1v) is 9.34. The van der Waals surface area contributed by atoms with E-state index in [0.29, 0.717) is 29.2 Å². The van der Waals surface area contributed by atoms with Gasteiger partial charge >= 0.3 is 6.61 Å². The second-order valence-electron chi connectivity index (χ2n) is 6.32. The Morgan fingerprint density at radius 1 is 1.13 bits per heavy atom. The van der Waals surface area contributed by atoms with Crippen molar-refractivity contribution in [2.24, 2.45) is 0 Å². The van der Waals surface area contributed by atoms with Gasteiger partial charge in [-0.05, 0) is 29.3 Å². The maximum absolute atomic E-state index is 12.4. The van der Waals surface area contributed by atoms with E-state index in [0.717, 1.165) is 16.8 Å². The van der Waals surface area contributed by atoms with E-state index in [9.17, 15) is 13.6 Å². The van der Waals surface area contributed by atoms with Crippen molar-refractivity contribution in [2.75, 3.05) is 6.61 Å². The standard InChI is InChI=1S/C21H18ClF2N3O3/c22-17-6-5-16(9-13-1-3-14(4-2-13)11-26-18(29)12-28)27-20(17)15-7-8-25-19(10-15)30-21(23)24/h1-8,10,21,28H,9,11-12H2,(H,26,29). The summed E-state index contributed by atoms with van der Waals surface area (Å²) in [6.07, 6.45) is 1.88. The molecule has 0 spiro atoms. The maximum atomic E-state index is 12.4. The second-order valence-corrected chi connectivity index (χ2v) is 6.73. The number of ether oxygens (including phenoxy) is 1. The number of benzene rings is 1. The molecule has 30 heavy (non-hydrogen) atoms. The lowest BCUT2D eigenvalue weighted by Gasteiger charge is -2.10. The molecule has 0 atom stereocenters. The van der Waals surface area contributed by atoms with Gasteiger partial charge in [0, 0.05) is 36.5 Å². The van der Waals surface area contributed by atoms with E-state index in [-0.39, 0.29) is 5.88 Å². The van der Waals surface area contributed by atoms with Crippen molar-refractivity contribution in [1.29, 1.82) is 0 Å². The summed E-state index contributed by atoms with van der Waals surface area (Å²) in [5, 5.41) is 11.7. The van der Waals surface area contributed by atoms with Crippen molar-refractivity contribution in [3.63, 3.8) is 0 Å². The highest BCUT2D eigenvalue weighted by Crippen LogP contribution is 2.28. The normalized spacial score (nSPS) is 10.8. The summed E-state index contributed by atoms with van der Waals surface area (Å²) in [4.78, 5) is 19.4. The molecule has 1 aromatic carbocycles. The molecule has 9 heteroatoms. The molecule has 3 aromatic rings. The minimum absolute atomic E-state index is 0.213. The second kappa shape index (κ2) is 10.1. The first kappa shape index (κ1) is 21.6. The van der Waals surface area contributed by atoms with Crippen LogP contribution in [0.5, 0.6) is 5.88 Å². The van der Waals surface area contributed by atoms with Gasteiger partial charge in [0.15, 0.2) is 0 Å². The minimum atomic E-state index is -2.97. The Morgan fingerprint density at radius 2 is 1.87 bits per heavy atom. The number of nitrogens with zero attached hydrogens (tertiary/aromatic N) is 2. The van der Waals surface area contributed by atoms with Gasteiger partial charge in [0.2, 0.25) is 11.8 Å². The molecule has 156 valence electrons. The Kier molecular flexibility index (Phi) is 7.26. The van der Waals surface area contributed by atoms with Gasteiger partial charge in [0.25, 0.3) is 0 Å². The van der Waals surface area contributed by atoms with Gasteiger partial charge in [-0.3, -0.25) is 9.78 Å². The molecule has 0 bridgehead atoms. The highest BCUT2D eigenvalue weighted by molar-refractivity contribution is 6.33. The molecule has 3 rings (SSSR count). The largest absolute Gasteiger partial charge is 0.417 e. The first-order valence-electron chi connectivity index (χ1n) is 8.96. The molecule has 2 heterocycles. The minimum Gasteiger partial charge on any atom is -0.417 e.